The number of nitrogens with zero attached hydrogens (tertiary/aromatic N) is 1. The fourth-order valence-corrected chi connectivity index (χ4v) is 2.48. The number of carbonyl (C=O) groups is 1. The number of H-pyrrole nitrogens is 1. The number of halogens is 1. The van der Waals surface area contributed by atoms with Gasteiger partial charge in [0, 0.05) is 4.47 Å². The molecule has 1 amide bonds. The van der Waals surface area contributed by atoms with Gasteiger partial charge in [-0.2, -0.15) is 0 Å². The number of aromatic nitrogens is 2. The zero-order valence-electron chi connectivity index (χ0n) is 9.48. The summed E-state index contributed by atoms with van der Waals surface area (Å²) in [6.45, 7) is 0. The number of hydrogen-bond donors (Lipinski definition) is 3. The van der Waals surface area contributed by atoms with Gasteiger partial charge in [-0.25, -0.2) is 9.78 Å². The van der Waals surface area contributed by atoms with E-state index in [0.717, 1.165) is 28.3 Å². The van der Waals surface area contributed by atoms with Crippen molar-refractivity contribution in [2.45, 2.75) is 18.9 Å². The Morgan fingerprint density at radius 2 is 2.33 bits per heavy atom. The molecule has 1 aromatic carbocycles. The molecule has 2 aromatic rings. The molecular formula is C12H12BrN3O2. The largest absolute Gasteiger partial charge is 0.465 e. The summed E-state index contributed by atoms with van der Waals surface area (Å²) in [7, 11) is 0. The van der Waals surface area contributed by atoms with Crippen LogP contribution in [0.2, 0.25) is 0 Å². The average Bonchev–Trinajstić information content (AvgIpc) is 3.05. The highest BCUT2D eigenvalue weighted by atomic mass is 79.9. The molecule has 1 atom stereocenters. The second-order valence-corrected chi connectivity index (χ2v) is 5.46. The van der Waals surface area contributed by atoms with Crippen LogP contribution in [-0.4, -0.2) is 21.2 Å². The normalized spacial score (nSPS) is 16.7. The van der Waals surface area contributed by atoms with Crippen molar-refractivity contribution in [2.75, 3.05) is 0 Å². The van der Waals surface area contributed by atoms with Gasteiger partial charge in [0.15, 0.2) is 0 Å². The lowest BCUT2D eigenvalue weighted by Gasteiger charge is -2.12. The van der Waals surface area contributed by atoms with Crippen LogP contribution in [0.25, 0.3) is 11.0 Å². The molecule has 18 heavy (non-hydrogen) atoms. The second-order valence-electron chi connectivity index (χ2n) is 4.55. The monoisotopic (exact) mass is 309 g/mol. The summed E-state index contributed by atoms with van der Waals surface area (Å²) < 4.78 is 0.972. The van der Waals surface area contributed by atoms with E-state index in [-0.39, 0.29) is 6.04 Å². The summed E-state index contributed by atoms with van der Waals surface area (Å²) in [6.07, 6.45) is 1.09. The van der Waals surface area contributed by atoms with E-state index in [0.29, 0.717) is 11.7 Å². The zero-order chi connectivity index (χ0) is 12.7. The van der Waals surface area contributed by atoms with Gasteiger partial charge < -0.3 is 15.4 Å². The van der Waals surface area contributed by atoms with Crippen LogP contribution in [-0.2, 0) is 0 Å². The van der Waals surface area contributed by atoms with Crippen LogP contribution in [0.1, 0.15) is 24.7 Å². The number of fused-ring (bicyclic) bond motifs is 1. The maximum atomic E-state index is 10.8. The van der Waals surface area contributed by atoms with Gasteiger partial charge in [-0.1, -0.05) is 15.9 Å². The average molecular weight is 310 g/mol. The van der Waals surface area contributed by atoms with Gasteiger partial charge in [-0.3, -0.25) is 0 Å². The van der Waals surface area contributed by atoms with Crippen LogP contribution in [0.4, 0.5) is 4.79 Å². The van der Waals surface area contributed by atoms with E-state index in [1.54, 1.807) is 0 Å². The molecular weight excluding hydrogens is 298 g/mol. The lowest BCUT2D eigenvalue weighted by Crippen LogP contribution is -2.29. The summed E-state index contributed by atoms with van der Waals surface area (Å²) >= 11 is 3.40. The first-order valence-electron chi connectivity index (χ1n) is 5.78. The zero-order valence-corrected chi connectivity index (χ0v) is 11.1. The summed E-state index contributed by atoms with van der Waals surface area (Å²) in [5, 5.41) is 11.4. The molecule has 0 bridgehead atoms. The first-order chi connectivity index (χ1) is 8.63. The van der Waals surface area contributed by atoms with Crippen molar-refractivity contribution in [3.8, 4) is 0 Å². The van der Waals surface area contributed by atoms with Crippen molar-refractivity contribution >= 4 is 33.1 Å². The van der Waals surface area contributed by atoms with E-state index >= 15 is 0 Å². The van der Waals surface area contributed by atoms with Crippen molar-refractivity contribution < 1.29 is 9.90 Å². The van der Waals surface area contributed by atoms with Crippen LogP contribution in [0.15, 0.2) is 22.7 Å². The Labute approximate surface area is 112 Å². The van der Waals surface area contributed by atoms with Crippen molar-refractivity contribution in [3.63, 3.8) is 0 Å². The fourth-order valence-electron chi connectivity index (χ4n) is 2.12. The molecule has 6 heteroatoms. The molecule has 0 saturated heterocycles. The van der Waals surface area contributed by atoms with Gasteiger partial charge in [0.1, 0.15) is 5.82 Å². The second kappa shape index (κ2) is 4.28. The highest BCUT2D eigenvalue weighted by Gasteiger charge is 2.35. The molecule has 1 aliphatic rings. The minimum absolute atomic E-state index is 0.228. The summed E-state index contributed by atoms with van der Waals surface area (Å²) in [5.74, 6) is 1.07. The van der Waals surface area contributed by atoms with Gasteiger partial charge in [-0.05, 0) is 37.0 Å². The minimum Gasteiger partial charge on any atom is -0.465 e. The molecule has 1 unspecified atom stereocenters. The predicted octanol–water partition coefficient (Wildman–Crippen LogP) is 3.04. The molecule has 1 aliphatic carbocycles. The summed E-state index contributed by atoms with van der Waals surface area (Å²) in [5.41, 5.74) is 1.77. The van der Waals surface area contributed by atoms with Gasteiger partial charge in [0.25, 0.3) is 0 Å². The number of imidazole rings is 1. The molecule has 1 aromatic heterocycles. The van der Waals surface area contributed by atoms with E-state index in [1.807, 2.05) is 18.2 Å². The third kappa shape index (κ3) is 2.20. The highest BCUT2D eigenvalue weighted by Crippen LogP contribution is 2.40. The van der Waals surface area contributed by atoms with E-state index < -0.39 is 6.09 Å². The van der Waals surface area contributed by atoms with E-state index in [2.05, 4.69) is 31.2 Å². The van der Waals surface area contributed by atoms with Crippen LogP contribution >= 0.6 is 15.9 Å². The van der Waals surface area contributed by atoms with Crippen LogP contribution in [0.5, 0.6) is 0 Å². The third-order valence-electron chi connectivity index (χ3n) is 3.13. The first-order valence-corrected chi connectivity index (χ1v) is 6.57. The van der Waals surface area contributed by atoms with Crippen molar-refractivity contribution in [1.29, 1.82) is 0 Å². The van der Waals surface area contributed by atoms with E-state index in [9.17, 15) is 4.79 Å². The van der Waals surface area contributed by atoms with E-state index in [4.69, 9.17) is 5.11 Å². The van der Waals surface area contributed by atoms with Gasteiger partial charge in [0.05, 0.1) is 17.1 Å². The Bertz CT molecular complexity index is 606. The summed E-state index contributed by atoms with van der Waals surface area (Å²) in [4.78, 5) is 18.5. The first kappa shape index (κ1) is 11.5. The van der Waals surface area contributed by atoms with Gasteiger partial charge >= 0.3 is 6.09 Å². The molecule has 5 nitrogen and oxygen atoms in total. The molecule has 3 N–H and O–H groups in total. The molecule has 94 valence electrons. The van der Waals surface area contributed by atoms with Crippen molar-refractivity contribution in [2.24, 2.45) is 5.92 Å². The van der Waals surface area contributed by atoms with Gasteiger partial charge in [0.2, 0.25) is 0 Å². The maximum Gasteiger partial charge on any atom is 0.405 e. The van der Waals surface area contributed by atoms with Crippen LogP contribution in [0.3, 0.4) is 0 Å². The number of rotatable bonds is 3. The SMILES string of the molecule is O=C(O)NC(c1nc2ccc(Br)cc2[nH]1)C1CC1. The maximum absolute atomic E-state index is 10.8. The third-order valence-corrected chi connectivity index (χ3v) is 3.62. The predicted molar refractivity (Wildman–Crippen MR) is 70.4 cm³/mol. The Balaban J connectivity index is 1.98. The quantitative estimate of drug-likeness (QED) is 0.815. The lowest BCUT2D eigenvalue weighted by molar-refractivity contribution is 0.187. The highest BCUT2D eigenvalue weighted by molar-refractivity contribution is 9.10. The standard InChI is InChI=1S/C12H12BrN3O2/c13-7-3-4-8-9(5-7)15-11(14-8)10(6-1-2-6)16-12(17)18/h3-6,10,16H,1-2H2,(H,14,15)(H,17,18). The number of nitrogens with one attached hydrogen (secondary N) is 2. The smallest absolute Gasteiger partial charge is 0.405 e. The topological polar surface area (TPSA) is 78.0 Å². The Kier molecular flexibility index (Phi) is 2.74. The molecule has 3 rings (SSSR count). The van der Waals surface area contributed by atoms with Crippen molar-refractivity contribution in [3.05, 3.63) is 28.5 Å². The van der Waals surface area contributed by atoms with Crippen LogP contribution < -0.4 is 5.32 Å². The van der Waals surface area contributed by atoms with Crippen LogP contribution in [0, 0.1) is 5.92 Å². The lowest BCUT2D eigenvalue weighted by atomic mass is 10.2. The molecule has 0 spiro atoms. The Morgan fingerprint density at radius 3 is 3.00 bits per heavy atom. The molecule has 1 fully saturated rings. The van der Waals surface area contributed by atoms with Crippen molar-refractivity contribution in [1.82, 2.24) is 15.3 Å². The molecule has 0 radical (unpaired) electrons. The number of carboxylic acid groups (broad SMARTS) is 1. The minimum atomic E-state index is -1.01. The molecule has 1 heterocycles. The number of hydrogen-bond acceptors (Lipinski definition) is 2. The number of benzene rings is 1. The molecule has 1 saturated carbocycles. The molecule has 0 aliphatic heterocycles. The van der Waals surface area contributed by atoms with Gasteiger partial charge in [-0.15, -0.1) is 0 Å². The van der Waals surface area contributed by atoms with E-state index in [1.165, 1.54) is 0 Å². The summed E-state index contributed by atoms with van der Waals surface area (Å²) in [6, 6.07) is 5.54. The number of aromatic amines is 1. The Morgan fingerprint density at radius 1 is 1.56 bits per heavy atom. The fraction of sp³-hybridized carbons (Fsp3) is 0.333. The Hall–Kier alpha value is -1.56. The number of amides is 1.